The van der Waals surface area contributed by atoms with E-state index in [0.29, 0.717) is 11.4 Å². The number of nitrogens with zero attached hydrogens (tertiary/aromatic N) is 2. The molecule has 0 spiro atoms. The summed E-state index contributed by atoms with van der Waals surface area (Å²) in [4.78, 5) is 14.5. The minimum absolute atomic E-state index is 0.183. The summed E-state index contributed by atoms with van der Waals surface area (Å²) in [6, 6.07) is 14.2. The smallest absolute Gasteiger partial charge is 0.243 e. The molecular formula is C20H24N2O4S. The topological polar surface area (TPSA) is 66.9 Å². The maximum atomic E-state index is 12.9. The number of hydrogen-bond acceptors (Lipinski definition) is 4. The number of carbonyl (C=O) groups is 1. The van der Waals surface area contributed by atoms with Gasteiger partial charge in [0.25, 0.3) is 0 Å². The Kier molecular flexibility index (Phi) is 5.82. The minimum atomic E-state index is -3.69. The summed E-state index contributed by atoms with van der Waals surface area (Å²) in [5.41, 5.74) is 1.76. The van der Waals surface area contributed by atoms with Gasteiger partial charge in [-0.25, -0.2) is 8.42 Å². The molecule has 6 nitrogen and oxygen atoms in total. The maximum absolute atomic E-state index is 12.9. The highest BCUT2D eigenvalue weighted by molar-refractivity contribution is 7.89. The van der Waals surface area contributed by atoms with Crippen molar-refractivity contribution in [3.05, 3.63) is 54.1 Å². The number of benzene rings is 2. The van der Waals surface area contributed by atoms with Gasteiger partial charge in [-0.3, -0.25) is 4.79 Å². The number of amides is 1. The monoisotopic (exact) mass is 388 g/mol. The van der Waals surface area contributed by atoms with Crippen LogP contribution in [-0.4, -0.2) is 45.4 Å². The third kappa shape index (κ3) is 3.99. The van der Waals surface area contributed by atoms with Crippen LogP contribution in [0.2, 0.25) is 0 Å². The number of aryl methyl sites for hydroxylation is 1. The van der Waals surface area contributed by atoms with Gasteiger partial charge in [-0.1, -0.05) is 37.6 Å². The third-order valence-electron chi connectivity index (χ3n) is 4.66. The van der Waals surface area contributed by atoms with E-state index in [1.165, 1.54) is 4.31 Å². The van der Waals surface area contributed by atoms with Crippen molar-refractivity contribution < 1.29 is 17.9 Å². The van der Waals surface area contributed by atoms with E-state index in [4.69, 9.17) is 4.74 Å². The van der Waals surface area contributed by atoms with Gasteiger partial charge in [-0.15, -0.1) is 0 Å². The van der Waals surface area contributed by atoms with Crippen LogP contribution < -0.4 is 9.64 Å². The molecule has 0 aliphatic carbocycles. The van der Waals surface area contributed by atoms with Crippen molar-refractivity contribution in [2.75, 3.05) is 31.6 Å². The lowest BCUT2D eigenvalue weighted by molar-refractivity contribution is -0.120. The number of para-hydroxylation sites is 2. The van der Waals surface area contributed by atoms with Crippen molar-refractivity contribution in [2.24, 2.45) is 0 Å². The van der Waals surface area contributed by atoms with Crippen molar-refractivity contribution in [3.8, 4) is 5.75 Å². The van der Waals surface area contributed by atoms with Gasteiger partial charge in [0.2, 0.25) is 15.9 Å². The lowest BCUT2D eigenvalue weighted by Crippen LogP contribution is -2.52. The van der Waals surface area contributed by atoms with Gasteiger partial charge in [0.15, 0.2) is 0 Å². The Morgan fingerprint density at radius 2 is 1.74 bits per heavy atom. The van der Waals surface area contributed by atoms with Crippen molar-refractivity contribution in [1.29, 1.82) is 0 Å². The van der Waals surface area contributed by atoms with Gasteiger partial charge in [0.05, 0.1) is 24.2 Å². The fourth-order valence-corrected chi connectivity index (χ4v) is 4.61. The Bertz CT molecular complexity index is 910. The second-order valence-electron chi connectivity index (χ2n) is 6.45. The lowest BCUT2D eigenvalue weighted by Gasteiger charge is -2.34. The van der Waals surface area contributed by atoms with Crippen LogP contribution in [-0.2, 0) is 21.2 Å². The van der Waals surface area contributed by atoms with E-state index >= 15 is 0 Å². The Hall–Kier alpha value is -2.38. The molecule has 1 aliphatic rings. The van der Waals surface area contributed by atoms with Crippen LogP contribution in [0.5, 0.6) is 5.75 Å². The number of anilines is 1. The summed E-state index contributed by atoms with van der Waals surface area (Å²) in [5, 5.41) is 0. The Balaban J connectivity index is 1.77. The van der Waals surface area contributed by atoms with E-state index in [1.807, 2.05) is 24.3 Å². The van der Waals surface area contributed by atoms with Crippen LogP contribution in [0, 0.1) is 0 Å². The molecule has 1 heterocycles. The van der Waals surface area contributed by atoms with Crippen LogP contribution in [0.15, 0.2) is 53.4 Å². The van der Waals surface area contributed by atoms with Crippen molar-refractivity contribution in [1.82, 2.24) is 4.31 Å². The number of sulfonamides is 1. The van der Waals surface area contributed by atoms with E-state index in [2.05, 4.69) is 6.92 Å². The molecule has 0 bridgehead atoms. The van der Waals surface area contributed by atoms with E-state index < -0.39 is 10.0 Å². The molecule has 0 saturated carbocycles. The first-order chi connectivity index (χ1) is 13.0. The zero-order chi connectivity index (χ0) is 19.4. The lowest BCUT2D eigenvalue weighted by atomic mass is 10.1. The molecule has 1 saturated heterocycles. The average molecular weight is 388 g/mol. The molecule has 0 radical (unpaired) electrons. The predicted octanol–water partition coefficient (Wildman–Crippen LogP) is 2.69. The van der Waals surface area contributed by atoms with E-state index in [0.717, 1.165) is 18.4 Å². The third-order valence-corrected chi connectivity index (χ3v) is 6.52. The standard InChI is InChI=1S/C20H24N2O4S/c1-3-6-16-9-11-17(12-10-16)27(24,25)21-13-14-22(20(23)15-21)18-7-4-5-8-19(18)26-2/h4-5,7-12H,3,6,13-15H2,1-2H3. The average Bonchev–Trinajstić information content (AvgIpc) is 2.68. The zero-order valence-corrected chi connectivity index (χ0v) is 16.4. The van der Waals surface area contributed by atoms with Crippen LogP contribution in [0.25, 0.3) is 0 Å². The van der Waals surface area contributed by atoms with E-state index in [1.54, 1.807) is 36.3 Å². The largest absolute Gasteiger partial charge is 0.495 e. The molecule has 0 N–H and O–H groups in total. The highest BCUT2D eigenvalue weighted by Crippen LogP contribution is 2.30. The first-order valence-corrected chi connectivity index (χ1v) is 10.4. The fourth-order valence-electron chi connectivity index (χ4n) is 3.23. The Morgan fingerprint density at radius 1 is 1.04 bits per heavy atom. The van der Waals surface area contributed by atoms with Gasteiger partial charge >= 0.3 is 0 Å². The summed E-state index contributed by atoms with van der Waals surface area (Å²) in [6.07, 6.45) is 1.92. The molecule has 27 heavy (non-hydrogen) atoms. The number of piperazine rings is 1. The molecule has 0 atom stereocenters. The first-order valence-electron chi connectivity index (χ1n) is 9.00. The number of rotatable bonds is 6. The summed E-state index contributed by atoms with van der Waals surface area (Å²) < 4.78 is 32.4. The summed E-state index contributed by atoms with van der Waals surface area (Å²) in [7, 11) is -2.15. The van der Waals surface area contributed by atoms with Crippen LogP contribution >= 0.6 is 0 Å². The van der Waals surface area contributed by atoms with Crippen molar-refractivity contribution in [3.63, 3.8) is 0 Å². The van der Waals surface area contributed by atoms with Crippen molar-refractivity contribution in [2.45, 2.75) is 24.7 Å². The van der Waals surface area contributed by atoms with Gasteiger partial charge in [-0.05, 0) is 36.2 Å². The van der Waals surface area contributed by atoms with Crippen LogP contribution in [0.4, 0.5) is 5.69 Å². The fraction of sp³-hybridized carbons (Fsp3) is 0.350. The molecule has 2 aromatic rings. The van der Waals surface area contributed by atoms with E-state index in [9.17, 15) is 13.2 Å². The predicted molar refractivity (Wildman–Crippen MR) is 105 cm³/mol. The SMILES string of the molecule is CCCc1ccc(S(=O)(=O)N2CCN(c3ccccc3OC)C(=O)C2)cc1. The normalized spacial score (nSPS) is 15.8. The maximum Gasteiger partial charge on any atom is 0.243 e. The zero-order valence-electron chi connectivity index (χ0n) is 15.6. The van der Waals surface area contributed by atoms with E-state index in [-0.39, 0.29) is 30.4 Å². The molecule has 1 fully saturated rings. The van der Waals surface area contributed by atoms with Crippen LogP contribution in [0.1, 0.15) is 18.9 Å². The highest BCUT2D eigenvalue weighted by atomic mass is 32.2. The number of carbonyl (C=O) groups excluding carboxylic acids is 1. The summed E-state index contributed by atoms with van der Waals surface area (Å²) >= 11 is 0. The molecule has 1 aliphatic heterocycles. The Labute approximate surface area is 160 Å². The van der Waals surface area contributed by atoms with Gasteiger partial charge in [0.1, 0.15) is 5.75 Å². The van der Waals surface area contributed by atoms with Crippen molar-refractivity contribution >= 4 is 21.6 Å². The number of methoxy groups -OCH3 is 1. The molecule has 0 aromatic heterocycles. The molecule has 144 valence electrons. The second-order valence-corrected chi connectivity index (χ2v) is 8.39. The molecular weight excluding hydrogens is 364 g/mol. The number of hydrogen-bond donors (Lipinski definition) is 0. The van der Waals surface area contributed by atoms with Gasteiger partial charge < -0.3 is 9.64 Å². The molecule has 0 unspecified atom stereocenters. The molecule has 2 aromatic carbocycles. The minimum Gasteiger partial charge on any atom is -0.495 e. The highest BCUT2D eigenvalue weighted by Gasteiger charge is 2.34. The molecule has 3 rings (SSSR count). The van der Waals surface area contributed by atoms with Gasteiger partial charge in [-0.2, -0.15) is 4.31 Å². The molecule has 1 amide bonds. The van der Waals surface area contributed by atoms with Gasteiger partial charge in [0, 0.05) is 13.1 Å². The number of ether oxygens (including phenoxy) is 1. The first kappa shape index (κ1) is 19.4. The quantitative estimate of drug-likeness (QED) is 0.763. The van der Waals surface area contributed by atoms with Crippen LogP contribution in [0.3, 0.4) is 0 Å². The second kappa shape index (κ2) is 8.10. The summed E-state index contributed by atoms with van der Waals surface area (Å²) in [5.74, 6) is 0.325. The summed E-state index contributed by atoms with van der Waals surface area (Å²) in [6.45, 7) is 2.42. The molecule has 7 heteroatoms. The Morgan fingerprint density at radius 3 is 2.37 bits per heavy atom.